The van der Waals surface area contributed by atoms with Crippen molar-refractivity contribution in [1.29, 1.82) is 0 Å². The minimum atomic E-state index is 0.304. The van der Waals surface area contributed by atoms with E-state index in [1.807, 2.05) is 13.8 Å². The molecule has 208 valence electrons. The van der Waals surface area contributed by atoms with Crippen LogP contribution in [0.1, 0.15) is 123 Å². The predicted molar refractivity (Wildman–Crippen MR) is 159 cm³/mol. The van der Waals surface area contributed by atoms with Gasteiger partial charge in [0.15, 0.2) is 0 Å². The Morgan fingerprint density at radius 2 is 0.765 bits per heavy atom. The fourth-order valence-corrected chi connectivity index (χ4v) is 5.93. The molecule has 0 fully saturated rings. The van der Waals surface area contributed by atoms with Crippen LogP contribution in [0.5, 0.6) is 0 Å². The lowest BCUT2D eigenvalue weighted by molar-refractivity contribution is 0.0199. The van der Waals surface area contributed by atoms with Crippen molar-refractivity contribution in [2.24, 2.45) is 45.3 Å². The van der Waals surface area contributed by atoms with Crippen LogP contribution in [-0.2, 0) is 0 Å². The zero-order valence-electron chi connectivity index (χ0n) is 27.4. The van der Waals surface area contributed by atoms with Gasteiger partial charge in [0.2, 0.25) is 0 Å². The molecule has 0 rings (SSSR count). The minimum absolute atomic E-state index is 0.304. The van der Waals surface area contributed by atoms with Crippen LogP contribution in [0, 0.1) is 45.3 Å². The molecule has 0 aromatic heterocycles. The van der Waals surface area contributed by atoms with Gasteiger partial charge in [-0.2, -0.15) is 0 Å². The van der Waals surface area contributed by atoms with Crippen molar-refractivity contribution in [3.8, 4) is 0 Å². The molecule has 0 amide bonds. The van der Waals surface area contributed by atoms with Gasteiger partial charge in [-0.1, -0.05) is 96.9 Å². The van der Waals surface area contributed by atoms with Gasteiger partial charge >= 0.3 is 0 Å². The second kappa shape index (κ2) is 14.6. The van der Waals surface area contributed by atoms with Crippen molar-refractivity contribution in [3.05, 3.63) is 0 Å². The fraction of sp³-hybridized carbons (Fsp3) is 1.00. The summed E-state index contributed by atoms with van der Waals surface area (Å²) in [5, 5.41) is 0. The van der Waals surface area contributed by atoms with Gasteiger partial charge in [-0.15, -0.1) is 0 Å². The van der Waals surface area contributed by atoms with E-state index < -0.39 is 0 Å². The van der Waals surface area contributed by atoms with Crippen molar-refractivity contribution < 1.29 is 0 Å². The first-order valence-electron chi connectivity index (χ1n) is 14.4. The molecule has 0 aliphatic heterocycles. The molecule has 4 unspecified atom stereocenters. The Kier molecular flexibility index (Phi) is 15.5. The Balaban J connectivity index is 0. The SMILES string of the molecule is CC.CC(CC(C)(C)C(C)(C)CC(CN(C)C)C(C)CC(C)(C)C)C(CN(C)C)CC(C)(C)C. The molecule has 4 atom stereocenters. The topological polar surface area (TPSA) is 6.48 Å². The maximum atomic E-state index is 2.55. The van der Waals surface area contributed by atoms with Crippen LogP contribution in [0.3, 0.4) is 0 Å². The van der Waals surface area contributed by atoms with Crippen LogP contribution in [-0.4, -0.2) is 51.1 Å². The zero-order chi connectivity index (χ0) is 27.7. The minimum Gasteiger partial charge on any atom is -0.309 e. The van der Waals surface area contributed by atoms with Gasteiger partial charge in [-0.3, -0.25) is 0 Å². The Morgan fingerprint density at radius 1 is 0.471 bits per heavy atom. The molecule has 0 spiro atoms. The predicted octanol–water partition coefficient (Wildman–Crippen LogP) is 9.35. The summed E-state index contributed by atoms with van der Waals surface area (Å²) in [6, 6.07) is 0. The highest BCUT2D eigenvalue weighted by atomic mass is 15.1. The highest BCUT2D eigenvalue weighted by Crippen LogP contribution is 2.50. The summed E-state index contributed by atoms with van der Waals surface area (Å²) in [6.45, 7) is 36.0. The van der Waals surface area contributed by atoms with Gasteiger partial charge in [0.25, 0.3) is 0 Å². The molecule has 0 saturated heterocycles. The van der Waals surface area contributed by atoms with Crippen molar-refractivity contribution in [3.63, 3.8) is 0 Å². The van der Waals surface area contributed by atoms with Gasteiger partial charge in [-0.25, -0.2) is 0 Å². The Morgan fingerprint density at radius 3 is 1.09 bits per heavy atom. The Hall–Kier alpha value is -0.0800. The van der Waals surface area contributed by atoms with Crippen LogP contribution in [0.4, 0.5) is 0 Å². The van der Waals surface area contributed by atoms with Crippen molar-refractivity contribution in [1.82, 2.24) is 9.80 Å². The molecule has 0 saturated carbocycles. The quantitative estimate of drug-likeness (QED) is 0.258. The molecule has 0 aliphatic rings. The van der Waals surface area contributed by atoms with Gasteiger partial charge in [0, 0.05) is 13.1 Å². The molecular formula is C32H70N2. The third kappa shape index (κ3) is 15.1. The maximum Gasteiger partial charge on any atom is 0.000631 e. The Bertz CT molecular complexity index is 516. The third-order valence-corrected chi connectivity index (χ3v) is 8.05. The fourth-order valence-electron chi connectivity index (χ4n) is 5.93. The van der Waals surface area contributed by atoms with Gasteiger partial charge < -0.3 is 9.80 Å². The first kappa shape index (κ1) is 36.1. The van der Waals surface area contributed by atoms with Crippen molar-refractivity contribution in [2.45, 2.75) is 123 Å². The molecule has 0 aliphatic carbocycles. The number of nitrogens with zero attached hydrogens (tertiary/aromatic N) is 2. The van der Waals surface area contributed by atoms with E-state index >= 15 is 0 Å². The highest BCUT2D eigenvalue weighted by Gasteiger charge is 2.42. The van der Waals surface area contributed by atoms with E-state index in [0.717, 1.165) is 23.7 Å². The lowest BCUT2D eigenvalue weighted by Gasteiger charge is -2.48. The Labute approximate surface area is 219 Å². The summed E-state index contributed by atoms with van der Waals surface area (Å²) in [4.78, 5) is 4.80. The van der Waals surface area contributed by atoms with Crippen LogP contribution < -0.4 is 0 Å². The van der Waals surface area contributed by atoms with E-state index in [4.69, 9.17) is 0 Å². The van der Waals surface area contributed by atoms with Crippen molar-refractivity contribution in [2.75, 3.05) is 41.3 Å². The molecule has 2 heteroatoms. The second-order valence-corrected chi connectivity index (χ2v) is 15.7. The average molecular weight is 483 g/mol. The third-order valence-electron chi connectivity index (χ3n) is 8.05. The van der Waals surface area contributed by atoms with E-state index in [-0.39, 0.29) is 0 Å². The summed E-state index contributed by atoms with van der Waals surface area (Å²) < 4.78 is 0. The molecule has 34 heavy (non-hydrogen) atoms. The molecular weight excluding hydrogens is 412 g/mol. The molecule has 0 N–H and O–H groups in total. The lowest BCUT2D eigenvalue weighted by Crippen LogP contribution is -2.41. The van der Waals surface area contributed by atoms with E-state index in [2.05, 4.69) is 121 Å². The monoisotopic (exact) mass is 483 g/mol. The van der Waals surface area contributed by atoms with E-state index in [9.17, 15) is 0 Å². The normalized spacial score (nSPS) is 17.3. The summed E-state index contributed by atoms with van der Waals surface area (Å²) in [6.07, 6.45) is 5.21. The van der Waals surface area contributed by atoms with Crippen LogP contribution in [0.15, 0.2) is 0 Å². The van der Waals surface area contributed by atoms with Crippen LogP contribution in [0.25, 0.3) is 0 Å². The average Bonchev–Trinajstić information content (AvgIpc) is 2.58. The summed E-state index contributed by atoms with van der Waals surface area (Å²) >= 11 is 0. The summed E-state index contributed by atoms with van der Waals surface area (Å²) in [5.74, 6) is 2.95. The largest absolute Gasteiger partial charge is 0.309 e. The van der Waals surface area contributed by atoms with Gasteiger partial charge in [0.1, 0.15) is 0 Å². The molecule has 0 heterocycles. The number of rotatable bonds is 13. The maximum absolute atomic E-state index is 2.55. The molecule has 2 nitrogen and oxygen atoms in total. The first-order chi connectivity index (χ1) is 15.1. The van der Waals surface area contributed by atoms with E-state index in [1.165, 1.54) is 38.8 Å². The molecule has 0 bridgehead atoms. The van der Waals surface area contributed by atoms with Crippen molar-refractivity contribution >= 4 is 0 Å². The summed E-state index contributed by atoms with van der Waals surface area (Å²) in [5.41, 5.74) is 1.39. The molecule has 0 aromatic carbocycles. The number of hydrogen-bond acceptors (Lipinski definition) is 2. The zero-order valence-corrected chi connectivity index (χ0v) is 27.4. The molecule has 0 radical (unpaired) electrons. The van der Waals surface area contributed by atoms with Gasteiger partial charge in [0.05, 0.1) is 0 Å². The first-order valence-corrected chi connectivity index (χ1v) is 14.4. The van der Waals surface area contributed by atoms with Crippen LogP contribution >= 0.6 is 0 Å². The molecule has 0 aromatic rings. The summed E-state index contributed by atoms with van der Waals surface area (Å²) in [7, 11) is 8.96. The van der Waals surface area contributed by atoms with Gasteiger partial charge in [-0.05, 0) is 99.2 Å². The lowest BCUT2D eigenvalue weighted by atomic mass is 9.58. The smallest absolute Gasteiger partial charge is 0.000631 e. The highest BCUT2D eigenvalue weighted by molar-refractivity contribution is 4.92. The van der Waals surface area contributed by atoms with Crippen LogP contribution in [0.2, 0.25) is 0 Å². The van der Waals surface area contributed by atoms with E-state index in [1.54, 1.807) is 0 Å². The second-order valence-electron chi connectivity index (χ2n) is 15.7. The standard InChI is InChI=1S/C30H64N2.C2H6/c1-23(17-27(3,4)5)26(22-32(15)16)20-30(11,12)29(9,10)18-24(2)25(21-31(13)14)19-28(6,7)8;1-2/h23-26H,17-22H2,1-16H3;1-2H3. The number of hydrogen-bond donors (Lipinski definition) is 0. The van der Waals surface area contributed by atoms with E-state index in [0.29, 0.717) is 21.7 Å².